The number of thiocarbonyl (C=S) groups is 1. The Bertz CT molecular complexity index is 145. The molecule has 0 heterocycles. The zero-order valence-electron chi connectivity index (χ0n) is 6.87. The van der Waals surface area contributed by atoms with Crippen LogP contribution in [0, 0.1) is 5.92 Å². The van der Waals surface area contributed by atoms with Crippen molar-refractivity contribution in [2.75, 3.05) is 0 Å². The molecular formula is C7H12O3S. The van der Waals surface area contributed by atoms with Crippen molar-refractivity contribution < 1.29 is 14.3 Å². The summed E-state index contributed by atoms with van der Waals surface area (Å²) in [5.41, 5.74) is 1.08. The van der Waals surface area contributed by atoms with Crippen LogP contribution in [0.25, 0.3) is 0 Å². The number of hydrogen-bond donors (Lipinski definition) is 0. The average molecular weight is 176 g/mol. The topological polar surface area (TPSA) is 35.5 Å². The summed E-state index contributed by atoms with van der Waals surface area (Å²) in [5, 5.41) is 0. The lowest BCUT2D eigenvalue weighted by Crippen LogP contribution is -2.20. The first-order valence-corrected chi connectivity index (χ1v) is 3.84. The fraction of sp³-hybridized carbons (Fsp3) is 0.714. The standard InChI is InChI=1S/C7H12O3S/c1-5(2)7(8)10-6(3)9-4-11/h4-6H,1-3H3. The third kappa shape index (κ3) is 4.72. The van der Waals surface area contributed by atoms with Crippen LogP contribution in [0.4, 0.5) is 0 Å². The van der Waals surface area contributed by atoms with Crippen molar-refractivity contribution in [2.24, 2.45) is 5.92 Å². The van der Waals surface area contributed by atoms with Crippen LogP contribution in [0.2, 0.25) is 0 Å². The fourth-order valence-corrected chi connectivity index (χ4v) is 0.562. The van der Waals surface area contributed by atoms with Crippen LogP contribution in [-0.4, -0.2) is 17.8 Å². The minimum absolute atomic E-state index is 0.133. The maximum atomic E-state index is 10.9. The molecule has 0 radical (unpaired) electrons. The molecule has 0 rings (SSSR count). The molecular weight excluding hydrogens is 164 g/mol. The Morgan fingerprint density at radius 1 is 1.45 bits per heavy atom. The first kappa shape index (κ1) is 10.4. The second kappa shape index (κ2) is 5.07. The van der Waals surface area contributed by atoms with Crippen LogP contribution in [0.5, 0.6) is 0 Å². The molecule has 1 atom stereocenters. The minimum atomic E-state index is -0.581. The van der Waals surface area contributed by atoms with Crippen molar-refractivity contribution in [3.8, 4) is 0 Å². The van der Waals surface area contributed by atoms with Gasteiger partial charge in [0.05, 0.1) is 5.92 Å². The summed E-state index contributed by atoms with van der Waals surface area (Å²) in [4.78, 5) is 10.9. The van der Waals surface area contributed by atoms with Gasteiger partial charge in [0.25, 0.3) is 0 Å². The van der Waals surface area contributed by atoms with Crippen molar-refractivity contribution in [2.45, 2.75) is 27.1 Å². The summed E-state index contributed by atoms with van der Waals surface area (Å²) in [6.07, 6.45) is -0.581. The molecule has 0 bridgehead atoms. The minimum Gasteiger partial charge on any atom is -0.451 e. The van der Waals surface area contributed by atoms with Crippen LogP contribution < -0.4 is 0 Å². The van der Waals surface area contributed by atoms with Crippen molar-refractivity contribution in [3.05, 3.63) is 0 Å². The quantitative estimate of drug-likeness (QED) is 0.369. The van der Waals surface area contributed by atoms with Gasteiger partial charge in [0, 0.05) is 6.92 Å². The Kier molecular flexibility index (Phi) is 4.77. The van der Waals surface area contributed by atoms with Crippen LogP contribution in [0.15, 0.2) is 0 Å². The van der Waals surface area contributed by atoms with E-state index in [0.29, 0.717) is 0 Å². The first-order valence-electron chi connectivity index (χ1n) is 3.37. The lowest BCUT2D eigenvalue weighted by Gasteiger charge is -2.12. The highest BCUT2D eigenvalue weighted by Gasteiger charge is 2.12. The number of esters is 1. The summed E-state index contributed by atoms with van der Waals surface area (Å²) >= 11 is 4.41. The van der Waals surface area contributed by atoms with Gasteiger partial charge in [-0.25, -0.2) is 0 Å². The third-order valence-corrected chi connectivity index (χ3v) is 1.11. The van der Waals surface area contributed by atoms with Gasteiger partial charge in [0.15, 0.2) is 5.55 Å². The average Bonchev–Trinajstić information content (AvgIpc) is 1.87. The molecule has 64 valence electrons. The Morgan fingerprint density at radius 3 is 2.36 bits per heavy atom. The predicted octanol–water partition coefficient (Wildman–Crippen LogP) is 1.51. The molecule has 11 heavy (non-hydrogen) atoms. The summed E-state index contributed by atoms with van der Waals surface area (Å²) < 4.78 is 9.50. The molecule has 0 spiro atoms. The maximum Gasteiger partial charge on any atom is 0.311 e. The van der Waals surface area contributed by atoms with E-state index in [1.54, 1.807) is 20.8 Å². The van der Waals surface area contributed by atoms with E-state index in [1.165, 1.54) is 0 Å². The Morgan fingerprint density at radius 2 is 2.00 bits per heavy atom. The van der Waals surface area contributed by atoms with Gasteiger partial charge >= 0.3 is 5.97 Å². The predicted molar refractivity (Wildman–Crippen MR) is 45.1 cm³/mol. The largest absolute Gasteiger partial charge is 0.451 e. The summed E-state index contributed by atoms with van der Waals surface area (Å²) in [6, 6.07) is 0. The van der Waals surface area contributed by atoms with Gasteiger partial charge in [0.2, 0.25) is 6.29 Å². The molecule has 0 fully saturated rings. The zero-order valence-corrected chi connectivity index (χ0v) is 7.68. The van der Waals surface area contributed by atoms with Gasteiger partial charge < -0.3 is 9.47 Å². The van der Waals surface area contributed by atoms with Gasteiger partial charge in [-0.15, -0.1) is 0 Å². The Hall–Kier alpha value is -0.640. The van der Waals surface area contributed by atoms with E-state index in [9.17, 15) is 4.79 Å². The second-order valence-corrected chi connectivity index (χ2v) is 2.58. The van der Waals surface area contributed by atoms with E-state index in [0.717, 1.165) is 5.55 Å². The maximum absolute atomic E-state index is 10.9. The Balaban J connectivity index is 3.65. The second-order valence-electron chi connectivity index (χ2n) is 2.39. The smallest absolute Gasteiger partial charge is 0.311 e. The van der Waals surface area contributed by atoms with Crippen LogP contribution in [0.3, 0.4) is 0 Å². The SMILES string of the molecule is CC(OC=S)OC(=O)C(C)C. The molecule has 0 aliphatic carbocycles. The van der Waals surface area contributed by atoms with E-state index in [2.05, 4.69) is 12.2 Å². The number of ether oxygens (including phenoxy) is 2. The molecule has 0 aromatic rings. The third-order valence-electron chi connectivity index (χ3n) is 1.00. The molecule has 0 N–H and O–H groups in total. The monoisotopic (exact) mass is 176 g/mol. The van der Waals surface area contributed by atoms with E-state index < -0.39 is 6.29 Å². The van der Waals surface area contributed by atoms with Crippen LogP contribution in [0.1, 0.15) is 20.8 Å². The number of rotatable bonds is 4. The summed E-state index contributed by atoms with van der Waals surface area (Å²) in [7, 11) is 0. The fourth-order valence-electron chi connectivity index (χ4n) is 0.406. The Labute approximate surface area is 71.7 Å². The molecule has 0 aromatic heterocycles. The van der Waals surface area contributed by atoms with Crippen molar-refractivity contribution in [3.63, 3.8) is 0 Å². The van der Waals surface area contributed by atoms with Crippen molar-refractivity contribution in [1.82, 2.24) is 0 Å². The zero-order chi connectivity index (χ0) is 8.85. The molecule has 4 heteroatoms. The lowest BCUT2D eigenvalue weighted by molar-refractivity contribution is -0.165. The highest BCUT2D eigenvalue weighted by Crippen LogP contribution is 2.00. The van der Waals surface area contributed by atoms with E-state index in [4.69, 9.17) is 9.47 Å². The van der Waals surface area contributed by atoms with Crippen molar-refractivity contribution >= 4 is 23.7 Å². The van der Waals surface area contributed by atoms with Gasteiger partial charge in [-0.05, 0) is 12.2 Å². The molecule has 0 amide bonds. The van der Waals surface area contributed by atoms with E-state index in [1.807, 2.05) is 0 Å². The van der Waals surface area contributed by atoms with Gasteiger partial charge in [-0.1, -0.05) is 13.8 Å². The van der Waals surface area contributed by atoms with Crippen LogP contribution >= 0.6 is 12.2 Å². The van der Waals surface area contributed by atoms with Gasteiger partial charge in [-0.2, -0.15) is 0 Å². The first-order chi connectivity index (χ1) is 5.07. The number of carbonyl (C=O) groups excluding carboxylic acids is 1. The number of hydrogen-bond acceptors (Lipinski definition) is 4. The number of carbonyl (C=O) groups is 1. The molecule has 0 aliphatic heterocycles. The molecule has 3 nitrogen and oxygen atoms in total. The lowest BCUT2D eigenvalue weighted by atomic mass is 10.2. The van der Waals surface area contributed by atoms with E-state index >= 15 is 0 Å². The van der Waals surface area contributed by atoms with Crippen molar-refractivity contribution in [1.29, 1.82) is 0 Å². The van der Waals surface area contributed by atoms with Crippen LogP contribution in [-0.2, 0) is 14.3 Å². The molecule has 0 aliphatic rings. The summed E-state index contributed by atoms with van der Waals surface area (Å²) in [5.74, 6) is -0.416. The van der Waals surface area contributed by atoms with Gasteiger partial charge in [-0.3, -0.25) is 4.79 Å². The molecule has 1 unspecified atom stereocenters. The normalized spacial score (nSPS) is 12.4. The van der Waals surface area contributed by atoms with E-state index in [-0.39, 0.29) is 11.9 Å². The molecule has 0 saturated heterocycles. The highest BCUT2D eigenvalue weighted by molar-refractivity contribution is 7.78. The molecule has 0 saturated carbocycles. The highest BCUT2D eigenvalue weighted by atomic mass is 32.1. The summed E-state index contributed by atoms with van der Waals surface area (Å²) in [6.45, 7) is 5.13. The van der Waals surface area contributed by atoms with Gasteiger partial charge in [0.1, 0.15) is 0 Å². The molecule has 0 aromatic carbocycles.